The van der Waals surface area contributed by atoms with Crippen molar-refractivity contribution in [3.8, 4) is 5.69 Å². The number of carbonyl (C=O) groups excluding carboxylic acids is 1. The van der Waals surface area contributed by atoms with E-state index in [0.717, 1.165) is 36.1 Å². The van der Waals surface area contributed by atoms with Crippen molar-refractivity contribution in [3.05, 3.63) is 69.8 Å². The van der Waals surface area contributed by atoms with Crippen molar-refractivity contribution < 1.29 is 4.79 Å². The van der Waals surface area contributed by atoms with Gasteiger partial charge in [-0.2, -0.15) is 0 Å². The van der Waals surface area contributed by atoms with E-state index in [-0.39, 0.29) is 17.5 Å². The summed E-state index contributed by atoms with van der Waals surface area (Å²) in [4.78, 5) is 33.9. The molecule has 33 heavy (non-hydrogen) atoms. The van der Waals surface area contributed by atoms with E-state index >= 15 is 0 Å². The van der Waals surface area contributed by atoms with Crippen LogP contribution < -0.4 is 5.56 Å². The predicted octanol–water partition coefficient (Wildman–Crippen LogP) is 6.13. The maximum atomic E-state index is 13.7. The maximum absolute atomic E-state index is 13.7. The summed E-state index contributed by atoms with van der Waals surface area (Å²) in [5.74, 6) is 1.04. The Bertz CT molecular complexity index is 1180. The van der Waals surface area contributed by atoms with Crippen molar-refractivity contribution in [2.24, 2.45) is 5.92 Å². The van der Waals surface area contributed by atoms with Crippen molar-refractivity contribution in [1.29, 1.82) is 0 Å². The van der Waals surface area contributed by atoms with Crippen LogP contribution in [0.15, 0.2) is 47.3 Å². The summed E-state index contributed by atoms with van der Waals surface area (Å²) < 4.78 is 1.72. The molecule has 0 radical (unpaired) electrons. The molecule has 0 saturated carbocycles. The first-order valence-corrected chi connectivity index (χ1v) is 12.1. The Morgan fingerprint density at radius 2 is 1.79 bits per heavy atom. The fourth-order valence-corrected chi connectivity index (χ4v) is 4.40. The monoisotopic (exact) mass is 447 g/mol. The van der Waals surface area contributed by atoms with Gasteiger partial charge in [-0.25, -0.2) is 4.98 Å². The number of aromatic nitrogens is 2. The van der Waals surface area contributed by atoms with Gasteiger partial charge >= 0.3 is 0 Å². The third-order valence-corrected chi connectivity index (χ3v) is 6.11. The summed E-state index contributed by atoms with van der Waals surface area (Å²) >= 11 is 0. The van der Waals surface area contributed by atoms with Gasteiger partial charge in [-0.1, -0.05) is 63.4 Å². The van der Waals surface area contributed by atoms with E-state index in [4.69, 9.17) is 4.98 Å². The van der Waals surface area contributed by atoms with E-state index in [2.05, 4.69) is 26.8 Å². The van der Waals surface area contributed by atoms with Crippen LogP contribution in [-0.4, -0.2) is 26.9 Å². The number of benzene rings is 2. The molecule has 1 unspecified atom stereocenters. The average molecular weight is 448 g/mol. The van der Waals surface area contributed by atoms with Gasteiger partial charge in [0.1, 0.15) is 5.82 Å². The van der Waals surface area contributed by atoms with Crippen molar-refractivity contribution in [3.63, 3.8) is 0 Å². The summed E-state index contributed by atoms with van der Waals surface area (Å²) in [5, 5.41) is 0.582. The fourth-order valence-electron chi connectivity index (χ4n) is 4.40. The molecular formula is C28H37N3O2. The first kappa shape index (κ1) is 24.7. The third kappa shape index (κ3) is 5.52. The highest BCUT2D eigenvalue weighted by atomic mass is 16.2. The van der Waals surface area contributed by atoms with Gasteiger partial charge in [0, 0.05) is 13.0 Å². The minimum absolute atomic E-state index is 0.0997. The first-order chi connectivity index (χ1) is 15.7. The number of fused-ring (bicyclic) bond motifs is 1. The molecule has 3 aromatic rings. The third-order valence-electron chi connectivity index (χ3n) is 6.11. The average Bonchev–Trinajstić information content (AvgIpc) is 2.77. The normalized spacial score (nSPS) is 12.3. The highest BCUT2D eigenvalue weighted by Gasteiger charge is 2.27. The quantitative estimate of drug-likeness (QED) is 0.371. The lowest BCUT2D eigenvalue weighted by Crippen LogP contribution is -2.39. The van der Waals surface area contributed by atoms with Crippen LogP contribution in [0.3, 0.4) is 0 Å². The van der Waals surface area contributed by atoms with E-state index in [1.54, 1.807) is 4.57 Å². The number of para-hydroxylation sites is 1. The van der Waals surface area contributed by atoms with Crippen LogP contribution in [-0.2, 0) is 4.79 Å². The summed E-state index contributed by atoms with van der Waals surface area (Å²) in [6.45, 7) is 13.0. The number of aryl methyl sites for hydroxylation is 2. The van der Waals surface area contributed by atoms with Crippen LogP contribution >= 0.6 is 0 Å². The lowest BCUT2D eigenvalue weighted by Gasteiger charge is -2.32. The number of amides is 1. The summed E-state index contributed by atoms with van der Waals surface area (Å²) in [7, 11) is 0. The number of rotatable bonds is 9. The molecule has 2 aromatic carbocycles. The van der Waals surface area contributed by atoms with Crippen molar-refractivity contribution in [2.45, 2.75) is 73.3 Å². The van der Waals surface area contributed by atoms with Crippen LogP contribution in [0.1, 0.15) is 76.4 Å². The van der Waals surface area contributed by atoms with Crippen molar-refractivity contribution >= 4 is 16.8 Å². The van der Waals surface area contributed by atoms with E-state index in [9.17, 15) is 9.59 Å². The van der Waals surface area contributed by atoms with Gasteiger partial charge in [-0.15, -0.1) is 0 Å². The van der Waals surface area contributed by atoms with Gasteiger partial charge in [0.05, 0.1) is 22.6 Å². The molecule has 0 aliphatic heterocycles. The highest BCUT2D eigenvalue weighted by Crippen LogP contribution is 2.26. The van der Waals surface area contributed by atoms with Gasteiger partial charge in [0.25, 0.3) is 5.56 Å². The van der Waals surface area contributed by atoms with Gasteiger partial charge in [-0.05, 0) is 56.9 Å². The minimum Gasteiger partial charge on any atom is -0.333 e. The molecule has 176 valence electrons. The Morgan fingerprint density at radius 3 is 2.45 bits per heavy atom. The van der Waals surface area contributed by atoms with Crippen LogP contribution in [0.2, 0.25) is 0 Å². The summed E-state index contributed by atoms with van der Waals surface area (Å²) in [6, 6.07) is 13.2. The number of unbranched alkanes of at least 4 members (excludes halogenated alkanes) is 2. The molecule has 1 aromatic heterocycles. The van der Waals surface area contributed by atoms with Crippen LogP contribution in [0.25, 0.3) is 16.6 Å². The molecule has 0 spiro atoms. The van der Waals surface area contributed by atoms with Crippen LogP contribution in [0.5, 0.6) is 0 Å². The molecule has 0 aliphatic rings. The molecule has 0 saturated heterocycles. The van der Waals surface area contributed by atoms with Crippen molar-refractivity contribution in [2.75, 3.05) is 6.54 Å². The minimum atomic E-state index is -0.334. The van der Waals surface area contributed by atoms with Gasteiger partial charge < -0.3 is 4.90 Å². The Labute approximate surface area is 197 Å². The summed E-state index contributed by atoms with van der Waals surface area (Å²) in [5.41, 5.74) is 3.52. The van der Waals surface area contributed by atoms with Gasteiger partial charge in [0.15, 0.2) is 0 Å². The lowest BCUT2D eigenvalue weighted by molar-refractivity contribution is -0.134. The largest absolute Gasteiger partial charge is 0.333 e. The molecule has 1 atom stereocenters. The van der Waals surface area contributed by atoms with Crippen molar-refractivity contribution in [1.82, 2.24) is 14.5 Å². The molecule has 0 N–H and O–H groups in total. The summed E-state index contributed by atoms with van der Waals surface area (Å²) in [6.07, 6.45) is 3.51. The van der Waals surface area contributed by atoms with E-state index in [1.165, 1.54) is 0 Å². The molecular weight excluding hydrogens is 410 g/mol. The Kier molecular flexibility index (Phi) is 8.06. The second-order valence-electron chi connectivity index (χ2n) is 9.49. The van der Waals surface area contributed by atoms with E-state index in [0.29, 0.717) is 35.6 Å². The number of hydrogen-bond acceptors (Lipinski definition) is 3. The molecule has 5 heteroatoms. The molecule has 1 amide bonds. The molecule has 0 bridgehead atoms. The second-order valence-corrected chi connectivity index (χ2v) is 9.49. The standard InChI is InChI=1S/C28H37N3O2/c1-7-8-9-14-26(32)30(18-19(2)3)22(6)27-29-24-13-11-10-12-23(24)28(33)31(27)25-16-15-20(4)17-21(25)5/h10-13,15-17,19,22H,7-9,14,18H2,1-6H3. The molecule has 1 heterocycles. The number of nitrogens with zero attached hydrogens (tertiary/aromatic N) is 3. The zero-order valence-corrected chi connectivity index (χ0v) is 20.9. The Hall–Kier alpha value is -2.95. The molecule has 5 nitrogen and oxygen atoms in total. The van der Waals surface area contributed by atoms with E-state index in [1.807, 2.05) is 62.1 Å². The SMILES string of the molecule is CCCCCC(=O)N(CC(C)C)C(C)c1nc2ccccc2c(=O)n1-c1ccc(C)cc1C. The Balaban J connectivity index is 2.20. The fraction of sp³-hybridized carbons (Fsp3) is 0.464. The molecule has 3 rings (SSSR count). The van der Waals surface area contributed by atoms with Gasteiger partial charge in [-0.3, -0.25) is 14.2 Å². The van der Waals surface area contributed by atoms with Gasteiger partial charge in [0.2, 0.25) is 5.91 Å². The second kappa shape index (κ2) is 10.8. The Morgan fingerprint density at radius 1 is 1.06 bits per heavy atom. The molecule has 0 fully saturated rings. The smallest absolute Gasteiger partial charge is 0.266 e. The predicted molar refractivity (Wildman–Crippen MR) is 136 cm³/mol. The van der Waals surface area contributed by atoms with Crippen LogP contribution in [0, 0.1) is 19.8 Å². The zero-order chi connectivity index (χ0) is 24.1. The number of hydrogen-bond donors (Lipinski definition) is 0. The number of carbonyl (C=O) groups is 1. The lowest BCUT2D eigenvalue weighted by atomic mass is 10.1. The molecule has 0 aliphatic carbocycles. The zero-order valence-electron chi connectivity index (χ0n) is 20.9. The van der Waals surface area contributed by atoms with Crippen LogP contribution in [0.4, 0.5) is 0 Å². The maximum Gasteiger partial charge on any atom is 0.266 e. The first-order valence-electron chi connectivity index (χ1n) is 12.1. The highest BCUT2D eigenvalue weighted by molar-refractivity contribution is 5.79. The van der Waals surface area contributed by atoms with E-state index < -0.39 is 0 Å². The topological polar surface area (TPSA) is 55.2 Å².